The lowest BCUT2D eigenvalue weighted by Gasteiger charge is -2.32. The molecule has 4 nitrogen and oxygen atoms in total. The molecule has 0 aromatic heterocycles. The Labute approximate surface area is 139 Å². The molecule has 2 N–H and O–H groups in total. The summed E-state index contributed by atoms with van der Waals surface area (Å²) in [6, 6.07) is 6.52. The largest absolute Gasteiger partial charge is 0.496 e. The van der Waals surface area contributed by atoms with Crippen LogP contribution in [0.2, 0.25) is 0 Å². The van der Waals surface area contributed by atoms with Crippen molar-refractivity contribution < 1.29 is 9.53 Å². The van der Waals surface area contributed by atoms with Crippen LogP contribution in [0.3, 0.4) is 0 Å². The lowest BCUT2D eigenvalue weighted by molar-refractivity contribution is -0.127. The number of amides is 1. The van der Waals surface area contributed by atoms with Gasteiger partial charge in [0.15, 0.2) is 0 Å². The third-order valence-electron chi connectivity index (χ3n) is 5.48. The van der Waals surface area contributed by atoms with Gasteiger partial charge in [-0.05, 0) is 56.3 Å². The molecule has 0 bridgehead atoms. The van der Waals surface area contributed by atoms with Crippen LogP contribution in [0.5, 0.6) is 5.75 Å². The Morgan fingerprint density at radius 2 is 2.09 bits per heavy atom. The molecule has 0 spiro atoms. The molecule has 0 radical (unpaired) electrons. The first-order valence-electron chi connectivity index (χ1n) is 8.82. The van der Waals surface area contributed by atoms with Gasteiger partial charge in [0.1, 0.15) is 5.75 Å². The van der Waals surface area contributed by atoms with Crippen LogP contribution in [0.1, 0.15) is 49.7 Å². The Morgan fingerprint density at radius 3 is 2.74 bits per heavy atom. The minimum absolute atomic E-state index is 0.203. The summed E-state index contributed by atoms with van der Waals surface area (Å²) in [5.41, 5.74) is 1.85. The molecule has 1 aliphatic carbocycles. The Kier molecular flexibility index (Phi) is 4.90. The van der Waals surface area contributed by atoms with Crippen LogP contribution in [-0.4, -0.2) is 32.1 Å². The lowest BCUT2D eigenvalue weighted by atomic mass is 9.77. The van der Waals surface area contributed by atoms with E-state index in [0.717, 1.165) is 68.5 Å². The van der Waals surface area contributed by atoms with Gasteiger partial charge in [0.05, 0.1) is 12.5 Å². The van der Waals surface area contributed by atoms with Gasteiger partial charge in [0, 0.05) is 12.6 Å². The highest BCUT2D eigenvalue weighted by molar-refractivity contribution is 5.89. The molecule has 23 heavy (non-hydrogen) atoms. The van der Waals surface area contributed by atoms with E-state index < -0.39 is 0 Å². The molecule has 1 aromatic carbocycles. The van der Waals surface area contributed by atoms with E-state index in [1.807, 2.05) is 6.92 Å². The third kappa shape index (κ3) is 3.23. The molecule has 1 aromatic rings. The molecule has 126 valence electrons. The van der Waals surface area contributed by atoms with Crippen molar-refractivity contribution in [2.45, 2.75) is 56.9 Å². The van der Waals surface area contributed by atoms with E-state index in [4.69, 9.17) is 4.74 Å². The standard InChI is InChI=1S/C19H28N2O2/c1-14-7-8-15(12-17(14)23-2)19(9-3-4-10-19)18(22)21-16-6-5-11-20-13-16/h7-8,12,16,20H,3-6,9-11,13H2,1-2H3,(H,21,22). The predicted octanol–water partition coefficient (Wildman–Crippen LogP) is 2.68. The molecule has 1 atom stereocenters. The smallest absolute Gasteiger partial charge is 0.230 e. The minimum atomic E-state index is -0.377. The van der Waals surface area contributed by atoms with Gasteiger partial charge in [-0.25, -0.2) is 0 Å². The second-order valence-corrected chi connectivity index (χ2v) is 6.99. The van der Waals surface area contributed by atoms with E-state index in [0.29, 0.717) is 0 Å². The number of hydrogen-bond donors (Lipinski definition) is 2. The summed E-state index contributed by atoms with van der Waals surface area (Å²) in [5.74, 6) is 1.08. The van der Waals surface area contributed by atoms with Crippen LogP contribution in [0.15, 0.2) is 18.2 Å². The van der Waals surface area contributed by atoms with Gasteiger partial charge in [-0.3, -0.25) is 4.79 Å². The maximum atomic E-state index is 13.1. The monoisotopic (exact) mass is 316 g/mol. The van der Waals surface area contributed by atoms with Gasteiger partial charge >= 0.3 is 0 Å². The molecule has 2 fully saturated rings. The minimum Gasteiger partial charge on any atom is -0.496 e. The van der Waals surface area contributed by atoms with Crippen molar-refractivity contribution in [3.63, 3.8) is 0 Å². The Bertz CT molecular complexity index is 558. The zero-order chi connectivity index (χ0) is 16.3. The molecule has 1 saturated carbocycles. The SMILES string of the molecule is COc1cc(C2(C(=O)NC3CCCNC3)CCCC2)ccc1C. The van der Waals surface area contributed by atoms with Crippen molar-refractivity contribution in [3.8, 4) is 5.75 Å². The van der Waals surface area contributed by atoms with Gasteiger partial charge in [-0.1, -0.05) is 25.0 Å². The van der Waals surface area contributed by atoms with E-state index in [9.17, 15) is 4.79 Å². The second kappa shape index (κ2) is 6.91. The molecule has 3 rings (SSSR count). The van der Waals surface area contributed by atoms with Crippen molar-refractivity contribution in [3.05, 3.63) is 29.3 Å². The first-order chi connectivity index (χ1) is 11.2. The zero-order valence-corrected chi connectivity index (χ0v) is 14.3. The van der Waals surface area contributed by atoms with E-state index in [-0.39, 0.29) is 17.4 Å². The van der Waals surface area contributed by atoms with Crippen molar-refractivity contribution >= 4 is 5.91 Å². The number of rotatable bonds is 4. The van der Waals surface area contributed by atoms with E-state index in [1.165, 1.54) is 0 Å². The summed E-state index contributed by atoms with van der Waals surface area (Å²) in [4.78, 5) is 13.1. The topological polar surface area (TPSA) is 50.4 Å². The average Bonchev–Trinajstić information content (AvgIpc) is 3.07. The number of ether oxygens (including phenoxy) is 1. The molecule has 1 amide bonds. The summed E-state index contributed by atoms with van der Waals surface area (Å²) >= 11 is 0. The molecule has 1 saturated heterocycles. The van der Waals surface area contributed by atoms with Crippen molar-refractivity contribution in [1.82, 2.24) is 10.6 Å². The van der Waals surface area contributed by atoms with Crippen LogP contribution in [0.25, 0.3) is 0 Å². The molecular weight excluding hydrogens is 288 g/mol. The number of hydrogen-bond acceptors (Lipinski definition) is 3. The maximum absolute atomic E-state index is 13.1. The Hall–Kier alpha value is -1.55. The number of carbonyl (C=O) groups is 1. The van der Waals surface area contributed by atoms with Crippen molar-refractivity contribution in [2.75, 3.05) is 20.2 Å². The van der Waals surface area contributed by atoms with Gasteiger partial charge in [0.2, 0.25) is 5.91 Å². The zero-order valence-electron chi connectivity index (χ0n) is 14.3. The fraction of sp³-hybridized carbons (Fsp3) is 0.632. The first-order valence-corrected chi connectivity index (χ1v) is 8.82. The number of methoxy groups -OCH3 is 1. The van der Waals surface area contributed by atoms with Crippen LogP contribution >= 0.6 is 0 Å². The van der Waals surface area contributed by atoms with Crippen LogP contribution in [-0.2, 0) is 10.2 Å². The molecule has 1 unspecified atom stereocenters. The van der Waals surface area contributed by atoms with Gasteiger partial charge in [-0.2, -0.15) is 0 Å². The summed E-state index contributed by atoms with van der Waals surface area (Å²) in [7, 11) is 1.70. The highest BCUT2D eigenvalue weighted by Gasteiger charge is 2.43. The summed E-state index contributed by atoms with van der Waals surface area (Å²) < 4.78 is 5.48. The second-order valence-electron chi connectivity index (χ2n) is 6.99. The van der Waals surface area contributed by atoms with Crippen molar-refractivity contribution in [1.29, 1.82) is 0 Å². The Balaban J connectivity index is 1.85. The van der Waals surface area contributed by atoms with E-state index in [2.05, 4.69) is 28.8 Å². The number of nitrogens with one attached hydrogen (secondary N) is 2. The van der Waals surface area contributed by atoms with E-state index in [1.54, 1.807) is 7.11 Å². The summed E-state index contributed by atoms with van der Waals surface area (Å²) in [6.07, 6.45) is 6.32. The normalized spacial score (nSPS) is 23.5. The molecule has 1 heterocycles. The summed E-state index contributed by atoms with van der Waals surface area (Å²) in [6.45, 7) is 3.99. The summed E-state index contributed by atoms with van der Waals surface area (Å²) in [5, 5.41) is 6.68. The van der Waals surface area contributed by atoms with Gasteiger partial charge in [0.25, 0.3) is 0 Å². The fourth-order valence-corrected chi connectivity index (χ4v) is 4.04. The van der Waals surface area contributed by atoms with Crippen LogP contribution in [0, 0.1) is 6.92 Å². The highest BCUT2D eigenvalue weighted by Crippen LogP contribution is 2.43. The average molecular weight is 316 g/mol. The molecular formula is C19H28N2O2. The lowest BCUT2D eigenvalue weighted by Crippen LogP contribution is -2.51. The molecule has 1 aliphatic heterocycles. The third-order valence-corrected chi connectivity index (χ3v) is 5.48. The number of aryl methyl sites for hydroxylation is 1. The number of piperidine rings is 1. The quantitative estimate of drug-likeness (QED) is 0.898. The highest BCUT2D eigenvalue weighted by atomic mass is 16.5. The number of carbonyl (C=O) groups excluding carboxylic acids is 1. The van der Waals surface area contributed by atoms with Crippen LogP contribution < -0.4 is 15.4 Å². The van der Waals surface area contributed by atoms with Gasteiger partial charge in [-0.15, -0.1) is 0 Å². The van der Waals surface area contributed by atoms with Crippen molar-refractivity contribution in [2.24, 2.45) is 0 Å². The number of benzene rings is 1. The van der Waals surface area contributed by atoms with E-state index >= 15 is 0 Å². The Morgan fingerprint density at radius 1 is 1.30 bits per heavy atom. The van der Waals surface area contributed by atoms with Crippen LogP contribution in [0.4, 0.5) is 0 Å². The fourth-order valence-electron chi connectivity index (χ4n) is 4.04. The molecule has 4 heteroatoms. The van der Waals surface area contributed by atoms with Gasteiger partial charge < -0.3 is 15.4 Å². The first kappa shape index (κ1) is 16.3. The molecule has 2 aliphatic rings. The maximum Gasteiger partial charge on any atom is 0.230 e. The predicted molar refractivity (Wildman–Crippen MR) is 91.9 cm³/mol.